The van der Waals surface area contributed by atoms with E-state index in [2.05, 4.69) is 10.4 Å². The van der Waals surface area contributed by atoms with Crippen LogP contribution in [0.2, 0.25) is 0 Å². The summed E-state index contributed by atoms with van der Waals surface area (Å²) in [6, 6.07) is 5.03. The molecule has 7 heteroatoms. The quantitative estimate of drug-likeness (QED) is 0.837. The van der Waals surface area contributed by atoms with Crippen molar-refractivity contribution in [1.29, 1.82) is 0 Å². The van der Waals surface area contributed by atoms with Crippen molar-refractivity contribution in [2.75, 3.05) is 18.2 Å². The van der Waals surface area contributed by atoms with Gasteiger partial charge in [-0.25, -0.2) is 8.42 Å². The molecule has 2 aromatic rings. The molecule has 0 aliphatic carbocycles. The Labute approximate surface area is 124 Å². The molecule has 0 saturated carbocycles. The van der Waals surface area contributed by atoms with Crippen molar-refractivity contribution >= 4 is 15.5 Å². The van der Waals surface area contributed by atoms with Crippen LogP contribution in [0.5, 0.6) is 0 Å². The molecular formula is C14H19N3O3S. The van der Waals surface area contributed by atoms with Gasteiger partial charge in [-0.05, 0) is 24.6 Å². The van der Waals surface area contributed by atoms with Crippen LogP contribution in [0.4, 0.5) is 5.69 Å². The molecule has 0 aliphatic rings. The minimum absolute atomic E-state index is 0.0457. The number of hydrogen-bond acceptors (Lipinski definition) is 5. The zero-order valence-electron chi connectivity index (χ0n) is 12.1. The summed E-state index contributed by atoms with van der Waals surface area (Å²) < 4.78 is 24.8. The lowest BCUT2D eigenvalue weighted by molar-refractivity contribution is 0.269. The van der Waals surface area contributed by atoms with E-state index in [1.807, 2.05) is 13.1 Å². The van der Waals surface area contributed by atoms with Gasteiger partial charge >= 0.3 is 0 Å². The number of aliphatic hydroxyl groups is 1. The monoisotopic (exact) mass is 309 g/mol. The molecule has 0 amide bonds. The van der Waals surface area contributed by atoms with E-state index < -0.39 is 9.84 Å². The molecule has 1 heterocycles. The Hall–Kier alpha value is -1.86. The highest BCUT2D eigenvalue weighted by Gasteiger charge is 2.09. The van der Waals surface area contributed by atoms with Crippen LogP contribution in [-0.4, -0.2) is 36.2 Å². The van der Waals surface area contributed by atoms with Crippen LogP contribution in [0.15, 0.2) is 35.5 Å². The lowest BCUT2D eigenvalue weighted by atomic mass is 10.2. The van der Waals surface area contributed by atoms with Gasteiger partial charge in [-0.3, -0.25) is 4.68 Å². The molecule has 1 aromatic heterocycles. The maximum atomic E-state index is 11.6. The fourth-order valence-electron chi connectivity index (χ4n) is 1.94. The normalized spacial score (nSPS) is 11.6. The first kappa shape index (κ1) is 15.5. The van der Waals surface area contributed by atoms with Crippen molar-refractivity contribution in [3.05, 3.63) is 41.7 Å². The molecule has 2 N–H and O–H groups in total. The average Bonchev–Trinajstić information content (AvgIpc) is 2.84. The molecule has 114 valence electrons. The summed E-state index contributed by atoms with van der Waals surface area (Å²) in [5.74, 6) is 0. The topological polar surface area (TPSA) is 84.2 Å². The average molecular weight is 309 g/mol. The van der Waals surface area contributed by atoms with E-state index in [0.717, 1.165) is 16.8 Å². The molecule has 0 atom stereocenters. The van der Waals surface area contributed by atoms with Crippen LogP contribution in [0.3, 0.4) is 0 Å². The van der Waals surface area contributed by atoms with Gasteiger partial charge in [0, 0.05) is 30.2 Å². The van der Waals surface area contributed by atoms with Gasteiger partial charge in [0.2, 0.25) is 0 Å². The predicted molar refractivity (Wildman–Crippen MR) is 80.9 cm³/mol. The molecule has 0 unspecified atom stereocenters. The number of nitrogens with one attached hydrogen (secondary N) is 1. The second kappa shape index (κ2) is 6.28. The van der Waals surface area contributed by atoms with Crippen molar-refractivity contribution in [3.8, 4) is 0 Å². The van der Waals surface area contributed by atoms with Crippen molar-refractivity contribution in [3.63, 3.8) is 0 Å². The Bertz CT molecular complexity index is 723. The van der Waals surface area contributed by atoms with Crippen molar-refractivity contribution in [2.45, 2.75) is 24.9 Å². The Morgan fingerprint density at radius 2 is 2.14 bits per heavy atom. The molecule has 21 heavy (non-hydrogen) atoms. The van der Waals surface area contributed by atoms with E-state index in [-0.39, 0.29) is 6.61 Å². The third-order valence-corrected chi connectivity index (χ3v) is 4.25. The zero-order chi connectivity index (χ0) is 15.5. The number of rotatable bonds is 6. The Morgan fingerprint density at radius 1 is 1.38 bits per heavy atom. The SMILES string of the molecule is Cc1ccc(S(C)(=O)=O)cc1NCc1cnn(CCO)c1. The number of aliphatic hydroxyl groups excluding tert-OH is 1. The number of nitrogens with zero attached hydrogens (tertiary/aromatic N) is 2. The molecule has 1 aromatic carbocycles. The number of sulfone groups is 1. The Kier molecular flexibility index (Phi) is 4.64. The molecule has 6 nitrogen and oxygen atoms in total. The van der Waals surface area contributed by atoms with Gasteiger partial charge in [0.1, 0.15) is 0 Å². The van der Waals surface area contributed by atoms with E-state index >= 15 is 0 Å². The number of aryl methyl sites for hydroxylation is 1. The second-order valence-electron chi connectivity index (χ2n) is 4.94. The lowest BCUT2D eigenvalue weighted by Gasteiger charge is -2.10. The minimum Gasteiger partial charge on any atom is -0.394 e. The Balaban J connectivity index is 2.12. The van der Waals surface area contributed by atoms with Gasteiger partial charge in [-0.2, -0.15) is 5.10 Å². The second-order valence-corrected chi connectivity index (χ2v) is 6.95. The van der Waals surface area contributed by atoms with Crippen LogP contribution >= 0.6 is 0 Å². The third kappa shape index (κ3) is 4.05. The van der Waals surface area contributed by atoms with E-state index in [1.165, 1.54) is 6.26 Å². The van der Waals surface area contributed by atoms with E-state index in [0.29, 0.717) is 18.0 Å². The molecule has 2 rings (SSSR count). The molecule has 0 radical (unpaired) electrons. The fraction of sp³-hybridized carbons (Fsp3) is 0.357. The van der Waals surface area contributed by atoms with E-state index in [9.17, 15) is 8.42 Å². The molecule has 0 fully saturated rings. The highest BCUT2D eigenvalue weighted by Crippen LogP contribution is 2.20. The summed E-state index contributed by atoms with van der Waals surface area (Å²) in [7, 11) is -3.21. The summed E-state index contributed by atoms with van der Waals surface area (Å²) in [6.45, 7) is 2.97. The molecule has 0 bridgehead atoms. The first-order valence-corrected chi connectivity index (χ1v) is 8.46. The Morgan fingerprint density at radius 3 is 2.81 bits per heavy atom. The highest BCUT2D eigenvalue weighted by molar-refractivity contribution is 7.90. The predicted octanol–water partition coefficient (Wildman–Crippen LogP) is 1.20. The summed E-state index contributed by atoms with van der Waals surface area (Å²) in [5.41, 5.74) is 2.73. The van der Waals surface area contributed by atoms with E-state index in [4.69, 9.17) is 5.11 Å². The summed E-state index contributed by atoms with van der Waals surface area (Å²) in [4.78, 5) is 0.298. The maximum Gasteiger partial charge on any atom is 0.175 e. The standard InChI is InChI=1S/C14H19N3O3S/c1-11-3-4-13(21(2,19)20)7-14(11)15-8-12-9-16-17(10-12)5-6-18/h3-4,7,9-10,15,18H,5-6,8H2,1-2H3. The van der Waals surface area contributed by atoms with Crippen LogP contribution in [0, 0.1) is 6.92 Å². The molecule has 0 spiro atoms. The summed E-state index contributed by atoms with van der Waals surface area (Å²) in [6.07, 6.45) is 4.76. The van der Waals surface area contributed by atoms with Gasteiger partial charge in [0.15, 0.2) is 9.84 Å². The third-order valence-electron chi connectivity index (χ3n) is 3.14. The smallest absolute Gasteiger partial charge is 0.175 e. The lowest BCUT2D eigenvalue weighted by Crippen LogP contribution is -2.04. The van der Waals surface area contributed by atoms with E-state index in [1.54, 1.807) is 29.1 Å². The van der Waals surface area contributed by atoms with Gasteiger partial charge in [-0.15, -0.1) is 0 Å². The van der Waals surface area contributed by atoms with Gasteiger partial charge < -0.3 is 10.4 Å². The van der Waals surface area contributed by atoms with Crippen LogP contribution in [0.25, 0.3) is 0 Å². The van der Waals surface area contributed by atoms with Crippen LogP contribution < -0.4 is 5.32 Å². The first-order chi connectivity index (χ1) is 9.90. The largest absolute Gasteiger partial charge is 0.394 e. The van der Waals surface area contributed by atoms with Crippen LogP contribution in [0.1, 0.15) is 11.1 Å². The van der Waals surface area contributed by atoms with Crippen molar-refractivity contribution < 1.29 is 13.5 Å². The molecular weight excluding hydrogens is 290 g/mol. The zero-order valence-corrected chi connectivity index (χ0v) is 12.9. The molecule has 0 aliphatic heterocycles. The maximum absolute atomic E-state index is 11.6. The van der Waals surface area contributed by atoms with Crippen molar-refractivity contribution in [2.24, 2.45) is 0 Å². The summed E-state index contributed by atoms with van der Waals surface area (Å²) in [5, 5.41) is 16.2. The highest BCUT2D eigenvalue weighted by atomic mass is 32.2. The van der Waals surface area contributed by atoms with Gasteiger partial charge in [-0.1, -0.05) is 6.07 Å². The number of hydrogen-bond donors (Lipinski definition) is 2. The number of aromatic nitrogens is 2. The molecule has 0 saturated heterocycles. The van der Waals surface area contributed by atoms with Gasteiger partial charge in [0.25, 0.3) is 0 Å². The van der Waals surface area contributed by atoms with Crippen LogP contribution in [-0.2, 0) is 22.9 Å². The minimum atomic E-state index is -3.21. The number of anilines is 1. The van der Waals surface area contributed by atoms with Gasteiger partial charge in [0.05, 0.1) is 24.2 Å². The fourth-order valence-corrected chi connectivity index (χ4v) is 2.59. The first-order valence-electron chi connectivity index (χ1n) is 6.57. The van der Waals surface area contributed by atoms with Crippen molar-refractivity contribution in [1.82, 2.24) is 9.78 Å². The summed E-state index contributed by atoms with van der Waals surface area (Å²) >= 11 is 0. The number of benzene rings is 1.